The van der Waals surface area contributed by atoms with Gasteiger partial charge in [0.2, 0.25) is 0 Å². The maximum Gasteiger partial charge on any atom is 0.0571 e. The van der Waals surface area contributed by atoms with Crippen molar-refractivity contribution in [2.24, 2.45) is 11.8 Å². The standard InChI is InChI=1S/C11H22O/c1-8(2)6-7-11(12)10(5)9(3)4/h9-12H,1,6-7H2,2-5H3. The number of allylic oxidation sites excluding steroid dienone is 1. The fraction of sp³-hybridized carbons (Fsp3) is 0.818. The molecule has 1 nitrogen and oxygen atoms in total. The van der Waals surface area contributed by atoms with E-state index >= 15 is 0 Å². The molecule has 1 N–H and O–H groups in total. The smallest absolute Gasteiger partial charge is 0.0571 e. The van der Waals surface area contributed by atoms with Gasteiger partial charge < -0.3 is 5.11 Å². The maximum atomic E-state index is 9.70. The highest BCUT2D eigenvalue weighted by atomic mass is 16.3. The molecule has 0 aromatic carbocycles. The minimum atomic E-state index is -0.165. The summed E-state index contributed by atoms with van der Waals surface area (Å²) in [6.07, 6.45) is 1.63. The molecule has 0 saturated heterocycles. The summed E-state index contributed by atoms with van der Waals surface area (Å²) in [5, 5.41) is 9.70. The lowest BCUT2D eigenvalue weighted by molar-refractivity contribution is 0.0842. The van der Waals surface area contributed by atoms with Crippen LogP contribution in [0.5, 0.6) is 0 Å². The highest BCUT2D eigenvalue weighted by Gasteiger charge is 2.16. The van der Waals surface area contributed by atoms with Crippen LogP contribution in [0.4, 0.5) is 0 Å². The van der Waals surface area contributed by atoms with E-state index in [9.17, 15) is 5.11 Å². The molecule has 0 bridgehead atoms. The fourth-order valence-electron chi connectivity index (χ4n) is 1.10. The van der Waals surface area contributed by atoms with Crippen LogP contribution in [0.1, 0.15) is 40.5 Å². The van der Waals surface area contributed by atoms with E-state index < -0.39 is 0 Å². The molecule has 0 saturated carbocycles. The van der Waals surface area contributed by atoms with E-state index in [0.717, 1.165) is 18.4 Å². The van der Waals surface area contributed by atoms with Crippen molar-refractivity contribution in [3.8, 4) is 0 Å². The van der Waals surface area contributed by atoms with Gasteiger partial charge in [-0.25, -0.2) is 0 Å². The van der Waals surface area contributed by atoms with Crippen molar-refractivity contribution < 1.29 is 5.11 Å². The number of aliphatic hydroxyl groups is 1. The summed E-state index contributed by atoms with van der Waals surface area (Å²) in [6.45, 7) is 12.2. The van der Waals surface area contributed by atoms with Crippen LogP contribution >= 0.6 is 0 Å². The molecule has 0 fully saturated rings. The number of hydrogen-bond donors (Lipinski definition) is 1. The van der Waals surface area contributed by atoms with Crippen LogP contribution in [0.15, 0.2) is 12.2 Å². The SMILES string of the molecule is C=C(C)CCC(O)C(C)C(C)C. The Kier molecular flexibility index (Phi) is 5.23. The van der Waals surface area contributed by atoms with E-state index in [1.165, 1.54) is 0 Å². The Labute approximate surface area is 76.5 Å². The topological polar surface area (TPSA) is 20.2 Å². The third-order valence-electron chi connectivity index (χ3n) is 2.53. The third-order valence-corrected chi connectivity index (χ3v) is 2.53. The van der Waals surface area contributed by atoms with Gasteiger partial charge in [0.15, 0.2) is 0 Å². The van der Waals surface area contributed by atoms with E-state index in [1.54, 1.807) is 0 Å². The van der Waals surface area contributed by atoms with Gasteiger partial charge in [0, 0.05) is 0 Å². The van der Waals surface area contributed by atoms with Gasteiger partial charge in [-0.05, 0) is 31.6 Å². The normalized spacial score (nSPS) is 16.2. The van der Waals surface area contributed by atoms with Gasteiger partial charge in [0.25, 0.3) is 0 Å². The number of hydrogen-bond acceptors (Lipinski definition) is 1. The van der Waals surface area contributed by atoms with Crippen LogP contribution in [-0.4, -0.2) is 11.2 Å². The van der Waals surface area contributed by atoms with Crippen molar-refractivity contribution in [3.63, 3.8) is 0 Å². The Morgan fingerprint density at radius 1 is 1.33 bits per heavy atom. The van der Waals surface area contributed by atoms with Crippen molar-refractivity contribution in [3.05, 3.63) is 12.2 Å². The first-order chi connectivity index (χ1) is 5.45. The minimum absolute atomic E-state index is 0.165. The molecule has 2 atom stereocenters. The summed E-state index contributed by atoms with van der Waals surface area (Å²) < 4.78 is 0. The quantitative estimate of drug-likeness (QED) is 0.629. The fourth-order valence-corrected chi connectivity index (χ4v) is 1.10. The number of aliphatic hydroxyl groups excluding tert-OH is 1. The molecule has 0 spiro atoms. The van der Waals surface area contributed by atoms with Gasteiger partial charge in [-0.3, -0.25) is 0 Å². The van der Waals surface area contributed by atoms with E-state index in [4.69, 9.17) is 0 Å². The van der Waals surface area contributed by atoms with Crippen LogP contribution in [0.3, 0.4) is 0 Å². The summed E-state index contributed by atoms with van der Waals surface area (Å²) in [5.74, 6) is 0.953. The van der Waals surface area contributed by atoms with Gasteiger partial charge in [0.05, 0.1) is 6.10 Å². The van der Waals surface area contributed by atoms with Crippen LogP contribution in [0.25, 0.3) is 0 Å². The summed E-state index contributed by atoms with van der Waals surface area (Å²) in [7, 11) is 0. The Balaban J connectivity index is 3.71. The monoisotopic (exact) mass is 170 g/mol. The van der Waals surface area contributed by atoms with Crippen LogP contribution in [0, 0.1) is 11.8 Å². The molecule has 0 heterocycles. The molecule has 0 amide bonds. The van der Waals surface area contributed by atoms with Crippen LogP contribution in [-0.2, 0) is 0 Å². The largest absolute Gasteiger partial charge is 0.393 e. The Morgan fingerprint density at radius 2 is 1.83 bits per heavy atom. The molecule has 0 aliphatic carbocycles. The zero-order valence-corrected chi connectivity index (χ0v) is 8.80. The van der Waals surface area contributed by atoms with Crippen molar-refractivity contribution in [1.29, 1.82) is 0 Å². The Hall–Kier alpha value is -0.300. The van der Waals surface area contributed by atoms with Crippen LogP contribution in [0.2, 0.25) is 0 Å². The summed E-state index contributed by atoms with van der Waals surface area (Å²) in [6, 6.07) is 0. The molecular weight excluding hydrogens is 148 g/mol. The molecule has 0 aromatic rings. The lowest BCUT2D eigenvalue weighted by Crippen LogP contribution is -2.22. The summed E-state index contributed by atoms with van der Waals surface area (Å²) in [4.78, 5) is 0. The second-order valence-corrected chi connectivity index (χ2v) is 4.17. The van der Waals surface area contributed by atoms with E-state index in [-0.39, 0.29) is 6.10 Å². The molecule has 2 unspecified atom stereocenters. The minimum Gasteiger partial charge on any atom is -0.393 e. The zero-order valence-electron chi connectivity index (χ0n) is 8.80. The predicted octanol–water partition coefficient (Wildman–Crippen LogP) is 3.00. The first-order valence-electron chi connectivity index (χ1n) is 4.77. The lowest BCUT2D eigenvalue weighted by atomic mass is 9.89. The lowest BCUT2D eigenvalue weighted by Gasteiger charge is -2.22. The summed E-state index contributed by atoms with van der Waals surface area (Å²) >= 11 is 0. The molecule has 0 radical (unpaired) electrons. The van der Waals surface area contributed by atoms with Gasteiger partial charge in [0.1, 0.15) is 0 Å². The van der Waals surface area contributed by atoms with Gasteiger partial charge in [-0.15, -0.1) is 6.58 Å². The first kappa shape index (κ1) is 11.7. The third kappa shape index (κ3) is 4.55. The van der Waals surface area contributed by atoms with Crippen molar-refractivity contribution in [2.45, 2.75) is 46.6 Å². The van der Waals surface area contributed by atoms with Gasteiger partial charge in [-0.1, -0.05) is 26.3 Å². The molecule has 0 aliphatic rings. The molecule has 0 rings (SSSR count). The second-order valence-electron chi connectivity index (χ2n) is 4.17. The Bertz CT molecular complexity index is 138. The average Bonchev–Trinajstić information content (AvgIpc) is 1.98. The van der Waals surface area contributed by atoms with Crippen LogP contribution < -0.4 is 0 Å². The second kappa shape index (κ2) is 5.36. The predicted molar refractivity (Wildman–Crippen MR) is 54.1 cm³/mol. The Morgan fingerprint density at radius 3 is 2.17 bits per heavy atom. The first-order valence-corrected chi connectivity index (χ1v) is 4.77. The van der Waals surface area contributed by atoms with Crippen molar-refractivity contribution in [1.82, 2.24) is 0 Å². The van der Waals surface area contributed by atoms with E-state index in [2.05, 4.69) is 27.4 Å². The average molecular weight is 170 g/mol. The highest BCUT2D eigenvalue weighted by molar-refractivity contribution is 4.88. The zero-order chi connectivity index (χ0) is 9.72. The molecule has 0 aromatic heterocycles. The van der Waals surface area contributed by atoms with Crippen molar-refractivity contribution in [2.75, 3.05) is 0 Å². The van der Waals surface area contributed by atoms with Crippen molar-refractivity contribution >= 4 is 0 Å². The highest BCUT2D eigenvalue weighted by Crippen LogP contribution is 2.19. The van der Waals surface area contributed by atoms with E-state index in [0.29, 0.717) is 11.8 Å². The number of rotatable bonds is 5. The van der Waals surface area contributed by atoms with Gasteiger partial charge in [-0.2, -0.15) is 0 Å². The molecule has 12 heavy (non-hydrogen) atoms. The molecule has 0 aliphatic heterocycles. The molecular formula is C11H22O. The molecule has 1 heteroatoms. The maximum absolute atomic E-state index is 9.70. The van der Waals surface area contributed by atoms with E-state index in [1.807, 2.05) is 6.92 Å². The summed E-state index contributed by atoms with van der Waals surface area (Å²) in [5.41, 5.74) is 1.16. The van der Waals surface area contributed by atoms with Gasteiger partial charge >= 0.3 is 0 Å². The molecule has 72 valence electrons.